The largest absolute Gasteiger partial charge is 0.472 e. The second kappa shape index (κ2) is 10.7. The second-order valence-corrected chi connectivity index (χ2v) is 7.04. The van der Waals surface area contributed by atoms with Crippen molar-refractivity contribution in [2.75, 3.05) is 24.6 Å². The van der Waals surface area contributed by atoms with E-state index in [1.807, 2.05) is 0 Å². The Bertz CT molecular complexity index is 1270. The van der Waals surface area contributed by atoms with Crippen LogP contribution in [0.5, 0.6) is 5.88 Å². The maximum absolute atomic E-state index is 14.0. The summed E-state index contributed by atoms with van der Waals surface area (Å²) in [5.41, 5.74) is -2.11. The van der Waals surface area contributed by atoms with E-state index >= 15 is 0 Å². The van der Waals surface area contributed by atoms with Crippen LogP contribution in [-0.4, -0.2) is 30.3 Å². The molecule has 0 aliphatic heterocycles. The molecule has 0 spiro atoms. The summed E-state index contributed by atoms with van der Waals surface area (Å²) >= 11 is 0. The first-order chi connectivity index (χ1) is 17.0. The van der Waals surface area contributed by atoms with Crippen LogP contribution in [0.3, 0.4) is 0 Å². The second-order valence-electron chi connectivity index (χ2n) is 7.04. The maximum atomic E-state index is 14.0. The lowest BCUT2D eigenvalue weighted by atomic mass is 10.2. The Hall–Kier alpha value is -4.07. The number of ether oxygens (including phenoxy) is 2. The van der Waals surface area contributed by atoms with Gasteiger partial charge < -0.3 is 14.8 Å². The number of carbonyl (C=O) groups excluding carboxylic acids is 1. The van der Waals surface area contributed by atoms with Crippen LogP contribution in [0.25, 0.3) is 0 Å². The highest BCUT2D eigenvalue weighted by atomic mass is 19.4. The first-order valence-electron chi connectivity index (χ1n) is 9.97. The Balaban J connectivity index is 1.99. The molecule has 0 bridgehead atoms. The zero-order chi connectivity index (χ0) is 26.6. The average molecular weight is 516 g/mol. The first-order valence-corrected chi connectivity index (χ1v) is 9.97. The average Bonchev–Trinajstić information content (AvgIpc) is 2.84. The third kappa shape index (κ3) is 5.59. The monoisotopic (exact) mass is 516 g/mol. The van der Waals surface area contributed by atoms with E-state index in [-0.39, 0.29) is 12.3 Å². The number of hydroxylamine groups is 1. The highest BCUT2D eigenvalue weighted by molar-refractivity contribution is 5.86. The molecule has 3 aromatic rings. The van der Waals surface area contributed by atoms with Gasteiger partial charge in [-0.3, -0.25) is 4.84 Å². The van der Waals surface area contributed by atoms with E-state index in [0.717, 1.165) is 25.2 Å². The minimum absolute atomic E-state index is 0.178. The van der Waals surface area contributed by atoms with E-state index in [4.69, 9.17) is 9.57 Å². The molecule has 0 saturated carbocycles. The number of nitrogens with zero attached hydrogens (tertiary/aromatic N) is 3. The van der Waals surface area contributed by atoms with Gasteiger partial charge in [-0.2, -0.15) is 23.2 Å². The van der Waals surface area contributed by atoms with Gasteiger partial charge in [-0.05, 0) is 25.1 Å². The molecule has 3 rings (SSSR count). The van der Waals surface area contributed by atoms with Gasteiger partial charge in [0.05, 0.1) is 25.6 Å². The summed E-state index contributed by atoms with van der Waals surface area (Å²) in [5, 5.41) is 2.90. The van der Waals surface area contributed by atoms with Crippen LogP contribution in [0.4, 0.5) is 48.5 Å². The number of carbonyl (C=O) groups is 1. The highest BCUT2D eigenvalue weighted by Crippen LogP contribution is 2.35. The van der Waals surface area contributed by atoms with Gasteiger partial charge in [0.1, 0.15) is 6.61 Å². The number of nitrogens with one attached hydrogen (secondary N) is 1. The van der Waals surface area contributed by atoms with Gasteiger partial charge in [-0.1, -0.05) is 18.2 Å². The number of anilines is 3. The molecule has 0 aliphatic carbocycles. The van der Waals surface area contributed by atoms with Crippen LogP contribution in [0, 0.1) is 24.4 Å². The Morgan fingerprint density at radius 3 is 2.36 bits per heavy atom. The smallest absolute Gasteiger partial charge is 0.438 e. The number of hydrogen-bond donors (Lipinski definition) is 1. The Morgan fingerprint density at radius 1 is 1.03 bits per heavy atom. The van der Waals surface area contributed by atoms with Crippen molar-refractivity contribution in [2.24, 2.45) is 0 Å². The fraction of sp³-hybridized carbons (Fsp3) is 0.227. The topological polar surface area (TPSA) is 85.8 Å². The number of alkyl halides is 3. The molecule has 14 heteroatoms. The Morgan fingerprint density at radius 2 is 1.72 bits per heavy atom. The molecule has 0 radical (unpaired) electrons. The Labute approximate surface area is 200 Å². The molecule has 0 unspecified atom stereocenters. The van der Waals surface area contributed by atoms with Gasteiger partial charge in [0.25, 0.3) is 0 Å². The van der Waals surface area contributed by atoms with Crippen molar-refractivity contribution >= 4 is 23.4 Å². The van der Waals surface area contributed by atoms with E-state index in [2.05, 4.69) is 20.0 Å². The SMILES string of the molecule is COC(=O)N(OC)c1ccccc1COc1nc(Nc2ccc(F)c(F)c2F)nc(C(F)(F)F)c1C. The number of para-hydroxylation sites is 1. The summed E-state index contributed by atoms with van der Waals surface area (Å²) in [7, 11) is 2.33. The molecular weight excluding hydrogens is 498 g/mol. The van der Waals surface area contributed by atoms with Gasteiger partial charge in [0.2, 0.25) is 11.8 Å². The van der Waals surface area contributed by atoms with Crippen molar-refractivity contribution in [2.45, 2.75) is 19.7 Å². The predicted octanol–water partition coefficient (Wildman–Crippen LogP) is 5.68. The van der Waals surface area contributed by atoms with Crippen molar-refractivity contribution < 1.29 is 45.4 Å². The lowest BCUT2D eigenvalue weighted by molar-refractivity contribution is -0.141. The molecule has 0 aliphatic rings. The first kappa shape index (κ1) is 26.5. The molecule has 192 valence electrons. The van der Waals surface area contributed by atoms with Crippen molar-refractivity contribution in [3.05, 3.63) is 70.7 Å². The van der Waals surface area contributed by atoms with Gasteiger partial charge >= 0.3 is 12.3 Å². The number of rotatable bonds is 7. The quantitative estimate of drug-likeness (QED) is 0.246. The van der Waals surface area contributed by atoms with Crippen LogP contribution in [0.2, 0.25) is 0 Å². The summed E-state index contributed by atoms with van der Waals surface area (Å²) in [6, 6.07) is 7.50. The summed E-state index contributed by atoms with van der Waals surface area (Å²) in [5.74, 6) is -6.32. The van der Waals surface area contributed by atoms with E-state index < -0.39 is 58.5 Å². The fourth-order valence-electron chi connectivity index (χ4n) is 3.04. The zero-order valence-electron chi connectivity index (χ0n) is 18.9. The normalized spacial score (nSPS) is 11.2. The molecule has 1 amide bonds. The van der Waals surface area contributed by atoms with Crippen LogP contribution >= 0.6 is 0 Å². The molecule has 2 aromatic carbocycles. The van der Waals surface area contributed by atoms with Crippen molar-refractivity contribution in [3.8, 4) is 5.88 Å². The van der Waals surface area contributed by atoms with E-state index in [1.54, 1.807) is 12.1 Å². The van der Waals surface area contributed by atoms with Crippen LogP contribution in [0.15, 0.2) is 36.4 Å². The number of amides is 1. The molecule has 1 N–H and O–H groups in total. The molecule has 0 saturated heterocycles. The third-order valence-corrected chi connectivity index (χ3v) is 4.75. The minimum atomic E-state index is -4.95. The number of benzene rings is 2. The highest BCUT2D eigenvalue weighted by Gasteiger charge is 2.37. The van der Waals surface area contributed by atoms with Crippen LogP contribution in [-0.2, 0) is 22.4 Å². The number of halogens is 6. The lowest BCUT2D eigenvalue weighted by Crippen LogP contribution is -2.30. The zero-order valence-corrected chi connectivity index (χ0v) is 18.9. The standard InChI is InChI=1S/C22H18F6N4O4/c1-11-18(22(26,27)28)30-20(29-14-9-8-13(23)16(24)17(14)25)31-19(11)36-10-12-6-4-5-7-15(12)32(35-3)21(33)34-2/h4-9H,10H2,1-3H3,(H,29,30,31). The summed E-state index contributed by atoms with van der Waals surface area (Å²) in [6.07, 6.45) is -5.83. The van der Waals surface area contributed by atoms with Gasteiger partial charge in [0, 0.05) is 11.1 Å². The molecule has 36 heavy (non-hydrogen) atoms. The number of aromatic nitrogens is 2. The van der Waals surface area contributed by atoms with Crippen molar-refractivity contribution in [1.82, 2.24) is 9.97 Å². The van der Waals surface area contributed by atoms with Crippen LogP contribution in [0.1, 0.15) is 16.8 Å². The van der Waals surface area contributed by atoms with E-state index in [0.29, 0.717) is 11.6 Å². The molecular formula is C22H18F6N4O4. The molecule has 1 heterocycles. The number of hydrogen-bond acceptors (Lipinski definition) is 7. The maximum Gasteiger partial charge on any atom is 0.438 e. The molecule has 1 aromatic heterocycles. The summed E-state index contributed by atoms with van der Waals surface area (Å²) in [6.45, 7) is 0.670. The third-order valence-electron chi connectivity index (χ3n) is 4.75. The van der Waals surface area contributed by atoms with Crippen LogP contribution < -0.4 is 15.1 Å². The van der Waals surface area contributed by atoms with E-state index in [9.17, 15) is 31.1 Å². The fourth-order valence-corrected chi connectivity index (χ4v) is 3.04. The van der Waals surface area contributed by atoms with E-state index in [1.165, 1.54) is 19.2 Å². The number of methoxy groups -OCH3 is 1. The molecule has 0 fully saturated rings. The lowest BCUT2D eigenvalue weighted by Gasteiger charge is -2.21. The predicted molar refractivity (Wildman–Crippen MR) is 114 cm³/mol. The molecule has 0 atom stereocenters. The summed E-state index contributed by atoms with van der Waals surface area (Å²) in [4.78, 5) is 24.2. The summed E-state index contributed by atoms with van der Waals surface area (Å²) < 4.78 is 91.8. The minimum Gasteiger partial charge on any atom is -0.472 e. The Kier molecular flexibility index (Phi) is 7.87. The van der Waals surface area contributed by atoms with Gasteiger partial charge in [-0.15, -0.1) is 0 Å². The van der Waals surface area contributed by atoms with Crippen molar-refractivity contribution in [3.63, 3.8) is 0 Å². The van der Waals surface area contributed by atoms with Gasteiger partial charge in [0.15, 0.2) is 23.1 Å². The van der Waals surface area contributed by atoms with Gasteiger partial charge in [-0.25, -0.2) is 22.9 Å². The molecule has 8 nitrogen and oxygen atoms in total. The van der Waals surface area contributed by atoms with Crippen molar-refractivity contribution in [1.29, 1.82) is 0 Å².